The van der Waals surface area contributed by atoms with Crippen molar-refractivity contribution in [3.8, 4) is 0 Å². The minimum absolute atomic E-state index is 0.0681. The summed E-state index contributed by atoms with van der Waals surface area (Å²) >= 11 is 6.22. The highest BCUT2D eigenvalue weighted by atomic mass is 35.5. The van der Waals surface area contributed by atoms with Gasteiger partial charge in [0.1, 0.15) is 0 Å². The second-order valence-electron chi connectivity index (χ2n) is 6.90. The quantitative estimate of drug-likeness (QED) is 0.435. The number of benzene rings is 2. The van der Waals surface area contributed by atoms with Gasteiger partial charge >= 0.3 is 0 Å². The van der Waals surface area contributed by atoms with E-state index in [0.29, 0.717) is 31.2 Å². The van der Waals surface area contributed by atoms with Crippen molar-refractivity contribution in [1.29, 1.82) is 0 Å². The molecule has 2 aromatic carbocycles. The van der Waals surface area contributed by atoms with Crippen LogP contribution in [0, 0.1) is 0 Å². The Morgan fingerprint density at radius 3 is 2.59 bits per heavy atom. The van der Waals surface area contributed by atoms with Crippen molar-refractivity contribution in [3.63, 3.8) is 0 Å². The summed E-state index contributed by atoms with van der Waals surface area (Å²) in [7, 11) is 3.96. The Morgan fingerprint density at radius 1 is 1.07 bits per heavy atom. The molecule has 0 radical (unpaired) electrons. The highest BCUT2D eigenvalue weighted by molar-refractivity contribution is 6.31. The number of hydrogen-bond donors (Lipinski definition) is 3. The number of rotatable bonds is 9. The zero-order valence-electron chi connectivity index (χ0n) is 17.3. The Morgan fingerprint density at radius 2 is 1.86 bits per heavy atom. The predicted octanol–water partition coefficient (Wildman–Crippen LogP) is 2.89. The van der Waals surface area contributed by atoms with Gasteiger partial charge in [-0.25, -0.2) is 4.99 Å². The van der Waals surface area contributed by atoms with Gasteiger partial charge in [-0.1, -0.05) is 41.9 Å². The Bertz CT molecular complexity index is 822. The molecule has 0 heterocycles. The van der Waals surface area contributed by atoms with E-state index in [0.717, 1.165) is 29.2 Å². The molecule has 0 atom stereocenters. The summed E-state index contributed by atoms with van der Waals surface area (Å²) in [4.78, 5) is 19.0. The normalized spacial score (nSPS) is 11.4. The molecule has 0 aromatic heterocycles. The zero-order chi connectivity index (χ0) is 21.1. The third kappa shape index (κ3) is 8.13. The third-order valence-corrected chi connectivity index (χ3v) is 4.57. The predicted molar refractivity (Wildman–Crippen MR) is 120 cm³/mol. The van der Waals surface area contributed by atoms with Gasteiger partial charge in [-0.15, -0.1) is 0 Å². The van der Waals surface area contributed by atoms with Gasteiger partial charge in [0.2, 0.25) is 0 Å². The van der Waals surface area contributed by atoms with Gasteiger partial charge in [-0.2, -0.15) is 0 Å². The van der Waals surface area contributed by atoms with Crippen molar-refractivity contribution in [2.24, 2.45) is 4.99 Å². The van der Waals surface area contributed by atoms with E-state index in [2.05, 4.69) is 20.9 Å². The molecule has 3 N–H and O–H groups in total. The third-order valence-electron chi connectivity index (χ3n) is 4.20. The van der Waals surface area contributed by atoms with Crippen LogP contribution in [0.1, 0.15) is 28.4 Å². The molecular weight excluding hydrogens is 386 g/mol. The lowest BCUT2D eigenvalue weighted by Gasteiger charge is -2.12. The molecule has 1 amide bonds. The van der Waals surface area contributed by atoms with Gasteiger partial charge in [0.25, 0.3) is 5.91 Å². The Labute approximate surface area is 178 Å². The first-order valence-electron chi connectivity index (χ1n) is 9.77. The standard InChI is InChI=1S/C22H30ClN5O/c1-4-24-22(27-16-19-9-5-6-11-20(19)23)26-15-17-8-7-10-18(14-17)21(29)25-12-13-28(2)3/h5-11,14H,4,12-13,15-16H2,1-3H3,(H,25,29)(H2,24,26,27). The number of likely N-dealkylation sites (N-methyl/N-ethyl adjacent to an activating group) is 1. The van der Waals surface area contributed by atoms with Gasteiger partial charge in [0, 0.05) is 36.8 Å². The molecule has 7 heteroatoms. The molecule has 0 saturated carbocycles. The topological polar surface area (TPSA) is 68.8 Å². The molecule has 0 fully saturated rings. The fourth-order valence-corrected chi connectivity index (χ4v) is 2.84. The Kier molecular flexibility index (Phi) is 9.47. The van der Waals surface area contributed by atoms with E-state index in [1.54, 1.807) is 0 Å². The summed E-state index contributed by atoms with van der Waals surface area (Å²) in [6.07, 6.45) is 0. The molecule has 2 aromatic rings. The Balaban J connectivity index is 1.97. The number of nitrogens with zero attached hydrogens (tertiary/aromatic N) is 2. The average Bonchev–Trinajstić information content (AvgIpc) is 2.71. The number of nitrogens with one attached hydrogen (secondary N) is 3. The monoisotopic (exact) mass is 415 g/mol. The largest absolute Gasteiger partial charge is 0.357 e. The van der Waals surface area contributed by atoms with E-state index < -0.39 is 0 Å². The van der Waals surface area contributed by atoms with E-state index >= 15 is 0 Å². The van der Waals surface area contributed by atoms with Crippen molar-refractivity contribution >= 4 is 23.5 Å². The average molecular weight is 416 g/mol. The van der Waals surface area contributed by atoms with Gasteiger partial charge < -0.3 is 20.9 Å². The molecule has 2 rings (SSSR count). The first-order chi connectivity index (χ1) is 14.0. The van der Waals surface area contributed by atoms with Crippen LogP contribution < -0.4 is 16.0 Å². The summed E-state index contributed by atoms with van der Waals surface area (Å²) in [6, 6.07) is 15.3. The number of hydrogen-bond acceptors (Lipinski definition) is 3. The molecule has 156 valence electrons. The fourth-order valence-electron chi connectivity index (χ4n) is 2.64. The zero-order valence-corrected chi connectivity index (χ0v) is 18.1. The van der Waals surface area contributed by atoms with Crippen molar-refractivity contribution in [3.05, 3.63) is 70.2 Å². The van der Waals surface area contributed by atoms with Crippen molar-refractivity contribution < 1.29 is 4.79 Å². The van der Waals surface area contributed by atoms with Gasteiger partial charge in [0.15, 0.2) is 5.96 Å². The van der Waals surface area contributed by atoms with Crippen LogP contribution >= 0.6 is 11.6 Å². The minimum Gasteiger partial charge on any atom is -0.357 e. The molecule has 0 aliphatic heterocycles. The van der Waals surface area contributed by atoms with Crippen LogP contribution in [0.5, 0.6) is 0 Å². The van der Waals surface area contributed by atoms with Crippen molar-refractivity contribution in [2.75, 3.05) is 33.7 Å². The number of guanidine groups is 1. The van der Waals surface area contributed by atoms with E-state index in [-0.39, 0.29) is 5.91 Å². The van der Waals surface area contributed by atoms with Crippen LogP contribution in [0.15, 0.2) is 53.5 Å². The first kappa shape index (κ1) is 22.7. The summed E-state index contributed by atoms with van der Waals surface area (Å²) < 4.78 is 0. The van der Waals surface area contributed by atoms with Crippen LogP contribution in [-0.2, 0) is 13.1 Å². The summed E-state index contributed by atoms with van der Waals surface area (Å²) in [5.74, 6) is 0.634. The maximum absolute atomic E-state index is 12.3. The van der Waals surface area contributed by atoms with Crippen LogP contribution in [0.3, 0.4) is 0 Å². The van der Waals surface area contributed by atoms with E-state index in [1.807, 2.05) is 74.4 Å². The molecule has 0 unspecified atom stereocenters. The molecule has 0 spiro atoms. The number of aliphatic imine (C=N–C) groups is 1. The van der Waals surface area contributed by atoms with Crippen LogP contribution in [-0.4, -0.2) is 50.5 Å². The Hall–Kier alpha value is -2.57. The second kappa shape index (κ2) is 12.1. The smallest absolute Gasteiger partial charge is 0.251 e. The molecule has 29 heavy (non-hydrogen) atoms. The highest BCUT2D eigenvalue weighted by Crippen LogP contribution is 2.14. The molecule has 0 aliphatic carbocycles. The van der Waals surface area contributed by atoms with E-state index in [4.69, 9.17) is 11.6 Å². The van der Waals surface area contributed by atoms with E-state index in [9.17, 15) is 4.79 Å². The molecule has 0 aliphatic rings. The number of halogens is 1. The maximum Gasteiger partial charge on any atom is 0.251 e. The van der Waals surface area contributed by atoms with Crippen molar-refractivity contribution in [1.82, 2.24) is 20.9 Å². The molecule has 6 nitrogen and oxygen atoms in total. The van der Waals surface area contributed by atoms with Gasteiger partial charge in [-0.3, -0.25) is 4.79 Å². The number of amides is 1. The SMILES string of the molecule is CCNC(=NCc1cccc(C(=O)NCCN(C)C)c1)NCc1ccccc1Cl. The number of carbonyl (C=O) groups is 1. The minimum atomic E-state index is -0.0681. The highest BCUT2D eigenvalue weighted by Gasteiger charge is 2.06. The lowest BCUT2D eigenvalue weighted by atomic mass is 10.1. The number of carbonyl (C=O) groups excluding carboxylic acids is 1. The van der Waals surface area contributed by atoms with Gasteiger partial charge in [-0.05, 0) is 50.3 Å². The molecule has 0 saturated heterocycles. The summed E-state index contributed by atoms with van der Waals surface area (Å²) in [6.45, 7) is 5.24. The van der Waals surface area contributed by atoms with Crippen LogP contribution in [0.4, 0.5) is 0 Å². The second-order valence-corrected chi connectivity index (χ2v) is 7.31. The lowest BCUT2D eigenvalue weighted by molar-refractivity contribution is 0.0951. The van der Waals surface area contributed by atoms with Gasteiger partial charge in [0.05, 0.1) is 6.54 Å². The fraction of sp³-hybridized carbons (Fsp3) is 0.364. The molecule has 0 bridgehead atoms. The summed E-state index contributed by atoms with van der Waals surface area (Å²) in [5, 5.41) is 10.2. The van der Waals surface area contributed by atoms with E-state index in [1.165, 1.54) is 0 Å². The maximum atomic E-state index is 12.3. The molecular formula is C22H30ClN5O. The van der Waals surface area contributed by atoms with Crippen LogP contribution in [0.25, 0.3) is 0 Å². The lowest BCUT2D eigenvalue weighted by Crippen LogP contribution is -2.36. The van der Waals surface area contributed by atoms with Crippen molar-refractivity contribution in [2.45, 2.75) is 20.0 Å². The first-order valence-corrected chi connectivity index (χ1v) is 10.1. The summed E-state index contributed by atoms with van der Waals surface area (Å²) in [5.41, 5.74) is 2.63. The van der Waals surface area contributed by atoms with Crippen LogP contribution in [0.2, 0.25) is 5.02 Å².